The molecule has 0 aliphatic heterocycles. The topological polar surface area (TPSA) is 67.3 Å². The van der Waals surface area contributed by atoms with E-state index in [0.29, 0.717) is 0 Å². The first kappa shape index (κ1) is 22.7. The monoisotopic (exact) mass is 406 g/mol. The second-order valence-corrected chi connectivity index (χ2v) is 8.16. The maximum atomic E-state index is 5.67. The van der Waals surface area contributed by atoms with Gasteiger partial charge in [-0.2, -0.15) is 0 Å². The van der Waals surface area contributed by atoms with Crippen LogP contribution in [0.1, 0.15) is 37.7 Å². The van der Waals surface area contributed by atoms with Crippen LogP contribution in [0.3, 0.4) is 0 Å². The summed E-state index contributed by atoms with van der Waals surface area (Å²) in [5.74, 6) is 0. The average Bonchev–Trinajstić information content (AvgIpc) is 2.78. The minimum absolute atomic E-state index is 0.789. The molecule has 0 amide bonds. The number of nitrogens with two attached hydrogens (primary N) is 2. The van der Waals surface area contributed by atoms with Gasteiger partial charge < -0.3 is 21.7 Å². The Kier molecular flexibility index (Phi) is 9.58. The smallest absolute Gasteiger partial charge is 0.0217 e. The molecule has 0 aliphatic rings. The zero-order valence-electron chi connectivity index (χ0n) is 18.3. The SMILES string of the molecule is NCCCCN(CCCCN)CCCNCc1c2ccccc2cc2ccccc12. The molecule has 0 heterocycles. The van der Waals surface area contributed by atoms with Crippen molar-refractivity contribution < 1.29 is 0 Å². The summed E-state index contributed by atoms with van der Waals surface area (Å²) >= 11 is 0. The zero-order chi connectivity index (χ0) is 21.0. The van der Waals surface area contributed by atoms with E-state index < -0.39 is 0 Å². The van der Waals surface area contributed by atoms with Crippen LogP contribution in [-0.2, 0) is 6.54 Å². The summed E-state index contributed by atoms with van der Waals surface area (Å²) < 4.78 is 0. The molecule has 4 heteroatoms. The molecule has 3 aromatic rings. The molecule has 0 radical (unpaired) electrons. The summed E-state index contributed by atoms with van der Waals surface area (Å²) in [4.78, 5) is 2.58. The molecule has 0 spiro atoms. The maximum Gasteiger partial charge on any atom is 0.0217 e. The number of nitrogens with one attached hydrogen (secondary N) is 1. The standard InChI is InChI=1S/C26H38N4/c27-14-5-7-17-30(18-8-6-15-28)19-9-16-29-21-26-24-12-3-1-10-22(24)20-23-11-2-4-13-25(23)26/h1-4,10-13,20,29H,5-9,14-19,21,27-28H2. The van der Waals surface area contributed by atoms with Crippen molar-refractivity contribution in [2.45, 2.75) is 38.6 Å². The molecule has 0 aliphatic carbocycles. The lowest BCUT2D eigenvalue weighted by Crippen LogP contribution is -2.30. The van der Waals surface area contributed by atoms with Gasteiger partial charge in [0.05, 0.1) is 0 Å². The molecular weight excluding hydrogens is 368 g/mol. The van der Waals surface area contributed by atoms with Gasteiger partial charge in [-0.25, -0.2) is 0 Å². The molecule has 162 valence electrons. The molecule has 3 rings (SSSR count). The Bertz CT molecular complexity index is 828. The molecule has 30 heavy (non-hydrogen) atoms. The molecule has 0 fully saturated rings. The van der Waals surface area contributed by atoms with E-state index in [0.717, 1.165) is 65.1 Å². The van der Waals surface area contributed by atoms with Crippen molar-refractivity contribution in [2.75, 3.05) is 39.3 Å². The molecule has 0 saturated carbocycles. The Morgan fingerprint density at radius 2 is 1.20 bits per heavy atom. The van der Waals surface area contributed by atoms with Crippen LogP contribution in [0.5, 0.6) is 0 Å². The summed E-state index contributed by atoms with van der Waals surface area (Å²) in [5.41, 5.74) is 12.7. The molecule has 0 aromatic heterocycles. The van der Waals surface area contributed by atoms with Gasteiger partial charge >= 0.3 is 0 Å². The van der Waals surface area contributed by atoms with Crippen LogP contribution in [0.4, 0.5) is 0 Å². The lowest BCUT2D eigenvalue weighted by Gasteiger charge is -2.22. The van der Waals surface area contributed by atoms with Gasteiger partial charge in [0.2, 0.25) is 0 Å². The lowest BCUT2D eigenvalue weighted by atomic mass is 9.97. The van der Waals surface area contributed by atoms with E-state index in [1.807, 2.05) is 0 Å². The summed E-state index contributed by atoms with van der Waals surface area (Å²) in [6, 6.07) is 19.7. The van der Waals surface area contributed by atoms with Crippen LogP contribution < -0.4 is 16.8 Å². The third-order valence-corrected chi connectivity index (χ3v) is 5.87. The second-order valence-electron chi connectivity index (χ2n) is 8.16. The first-order valence-corrected chi connectivity index (χ1v) is 11.6. The van der Waals surface area contributed by atoms with Crippen LogP contribution in [0.2, 0.25) is 0 Å². The third kappa shape index (κ3) is 6.51. The highest BCUT2D eigenvalue weighted by atomic mass is 15.1. The Morgan fingerprint density at radius 1 is 0.667 bits per heavy atom. The highest BCUT2D eigenvalue weighted by Gasteiger charge is 2.08. The van der Waals surface area contributed by atoms with Gasteiger partial charge in [0.25, 0.3) is 0 Å². The van der Waals surface area contributed by atoms with Crippen molar-refractivity contribution in [3.8, 4) is 0 Å². The van der Waals surface area contributed by atoms with E-state index in [9.17, 15) is 0 Å². The van der Waals surface area contributed by atoms with Crippen molar-refractivity contribution in [1.29, 1.82) is 0 Å². The molecule has 4 nitrogen and oxygen atoms in total. The number of nitrogens with zero attached hydrogens (tertiary/aromatic N) is 1. The van der Waals surface area contributed by atoms with Crippen molar-refractivity contribution in [1.82, 2.24) is 10.2 Å². The molecule has 0 bridgehead atoms. The van der Waals surface area contributed by atoms with Crippen LogP contribution in [0.15, 0.2) is 54.6 Å². The second kappa shape index (κ2) is 12.7. The summed E-state index contributed by atoms with van der Waals surface area (Å²) in [6.45, 7) is 6.95. The minimum atomic E-state index is 0.789. The molecule has 5 N–H and O–H groups in total. The minimum Gasteiger partial charge on any atom is -0.330 e. The van der Waals surface area contributed by atoms with Crippen molar-refractivity contribution in [3.05, 3.63) is 60.2 Å². The number of fused-ring (bicyclic) bond motifs is 2. The van der Waals surface area contributed by atoms with Gasteiger partial charge in [-0.05, 0) is 105 Å². The van der Waals surface area contributed by atoms with E-state index in [2.05, 4.69) is 64.8 Å². The highest BCUT2D eigenvalue weighted by molar-refractivity contribution is 6.02. The van der Waals surface area contributed by atoms with Crippen molar-refractivity contribution in [2.24, 2.45) is 11.5 Å². The summed E-state index contributed by atoms with van der Waals surface area (Å²) in [7, 11) is 0. The van der Waals surface area contributed by atoms with Gasteiger partial charge in [-0.1, -0.05) is 48.5 Å². The summed E-state index contributed by atoms with van der Waals surface area (Å²) in [5, 5.41) is 9.06. The predicted molar refractivity (Wildman–Crippen MR) is 131 cm³/mol. The molecule has 0 saturated heterocycles. The van der Waals surface area contributed by atoms with Gasteiger partial charge in [0, 0.05) is 6.54 Å². The Hall–Kier alpha value is -1.98. The number of hydrogen-bond donors (Lipinski definition) is 3. The van der Waals surface area contributed by atoms with Gasteiger partial charge in [-0.3, -0.25) is 0 Å². The van der Waals surface area contributed by atoms with E-state index in [1.165, 1.54) is 39.9 Å². The molecule has 3 aromatic carbocycles. The fourth-order valence-electron chi connectivity index (χ4n) is 4.23. The number of unbranched alkanes of at least 4 members (excludes halogenated alkanes) is 2. The van der Waals surface area contributed by atoms with Gasteiger partial charge in [-0.15, -0.1) is 0 Å². The average molecular weight is 407 g/mol. The van der Waals surface area contributed by atoms with Gasteiger partial charge in [0.15, 0.2) is 0 Å². The largest absolute Gasteiger partial charge is 0.330 e. The zero-order valence-corrected chi connectivity index (χ0v) is 18.3. The van der Waals surface area contributed by atoms with Crippen LogP contribution in [0, 0.1) is 0 Å². The van der Waals surface area contributed by atoms with Crippen molar-refractivity contribution in [3.63, 3.8) is 0 Å². The fraction of sp³-hybridized carbons (Fsp3) is 0.462. The number of hydrogen-bond acceptors (Lipinski definition) is 4. The van der Waals surface area contributed by atoms with Gasteiger partial charge in [0.1, 0.15) is 0 Å². The van der Waals surface area contributed by atoms with Crippen LogP contribution >= 0.6 is 0 Å². The Morgan fingerprint density at radius 3 is 1.77 bits per heavy atom. The Balaban J connectivity index is 1.55. The molecule has 0 unspecified atom stereocenters. The maximum absolute atomic E-state index is 5.67. The molecule has 0 atom stereocenters. The number of rotatable bonds is 14. The number of benzene rings is 3. The first-order chi connectivity index (χ1) is 14.8. The van der Waals surface area contributed by atoms with Crippen LogP contribution in [0.25, 0.3) is 21.5 Å². The first-order valence-electron chi connectivity index (χ1n) is 11.6. The quantitative estimate of drug-likeness (QED) is 0.276. The Labute approximate surface area is 181 Å². The van der Waals surface area contributed by atoms with E-state index in [1.54, 1.807) is 0 Å². The van der Waals surface area contributed by atoms with E-state index in [4.69, 9.17) is 11.5 Å². The molecular formula is C26H38N4. The van der Waals surface area contributed by atoms with E-state index >= 15 is 0 Å². The fourth-order valence-corrected chi connectivity index (χ4v) is 4.23. The van der Waals surface area contributed by atoms with Crippen LogP contribution in [-0.4, -0.2) is 44.2 Å². The summed E-state index contributed by atoms with van der Waals surface area (Å²) in [6.07, 6.45) is 5.76. The van der Waals surface area contributed by atoms with E-state index in [-0.39, 0.29) is 0 Å². The normalized spacial score (nSPS) is 11.7. The highest BCUT2D eigenvalue weighted by Crippen LogP contribution is 2.28. The lowest BCUT2D eigenvalue weighted by molar-refractivity contribution is 0.259. The predicted octanol–water partition coefficient (Wildman–Crippen LogP) is 4.25. The third-order valence-electron chi connectivity index (χ3n) is 5.87. The van der Waals surface area contributed by atoms with Crippen molar-refractivity contribution >= 4 is 21.5 Å².